The second-order valence-corrected chi connectivity index (χ2v) is 6.97. The minimum atomic E-state index is -3.33. The van der Waals surface area contributed by atoms with E-state index < -0.39 is 15.1 Å². The molecule has 0 amide bonds. The Balaban J connectivity index is 3.35. The number of nitrogens with two attached hydrogens (primary N) is 1. The van der Waals surface area contributed by atoms with Crippen LogP contribution < -0.4 is 5.73 Å². The molecular weight excluding hydrogens is 234 g/mol. The normalized spacial score (nSPS) is 14.0. The van der Waals surface area contributed by atoms with Crippen molar-refractivity contribution in [2.75, 3.05) is 6.54 Å². The molecule has 1 rings (SSSR count). The summed E-state index contributed by atoms with van der Waals surface area (Å²) in [6, 6.07) is 5.49. The molecule has 1 atom stereocenters. The summed E-state index contributed by atoms with van der Waals surface area (Å²) in [6.45, 7) is 7.65. The summed E-state index contributed by atoms with van der Waals surface area (Å²) in [5, 5.41) is -0.511. The van der Waals surface area contributed by atoms with Gasteiger partial charge in [0.05, 0.1) is 10.1 Å². The van der Waals surface area contributed by atoms with E-state index >= 15 is 0 Å². The Labute approximate surface area is 104 Å². The highest BCUT2D eigenvalue weighted by Crippen LogP contribution is 2.24. The van der Waals surface area contributed by atoms with Gasteiger partial charge in [0.2, 0.25) is 0 Å². The second-order valence-electron chi connectivity index (χ2n) is 4.83. The molecule has 3 nitrogen and oxygen atoms in total. The minimum absolute atomic E-state index is 0.0184. The number of hydrogen-bond donors (Lipinski definition) is 1. The minimum Gasteiger partial charge on any atom is -0.329 e. The molecule has 0 radical (unpaired) electrons. The largest absolute Gasteiger partial charge is 0.329 e. The van der Waals surface area contributed by atoms with E-state index in [1.807, 2.05) is 39.8 Å². The maximum absolute atomic E-state index is 12.5. The molecule has 4 heteroatoms. The molecule has 96 valence electrons. The molecule has 0 fully saturated rings. The lowest BCUT2D eigenvalue weighted by Gasteiger charge is -2.20. The maximum atomic E-state index is 12.5. The molecule has 0 heterocycles. The van der Waals surface area contributed by atoms with Gasteiger partial charge in [0.15, 0.2) is 9.84 Å². The fourth-order valence-electron chi connectivity index (χ4n) is 1.93. The number of aryl methyl sites for hydroxylation is 2. The van der Waals surface area contributed by atoms with Gasteiger partial charge in [0.25, 0.3) is 0 Å². The molecule has 0 aromatic heterocycles. The van der Waals surface area contributed by atoms with Gasteiger partial charge in [0, 0.05) is 6.54 Å². The standard InChI is InChI=1S/C13H21NO2S/c1-9(2)13(8-14)17(15,16)12-7-10(3)5-6-11(12)4/h5-7,9,13H,8,14H2,1-4H3. The Hall–Kier alpha value is -0.870. The summed E-state index contributed by atoms with van der Waals surface area (Å²) in [4.78, 5) is 0.418. The molecule has 2 N–H and O–H groups in total. The van der Waals surface area contributed by atoms with Crippen LogP contribution in [0.4, 0.5) is 0 Å². The van der Waals surface area contributed by atoms with Crippen LogP contribution in [-0.2, 0) is 9.84 Å². The van der Waals surface area contributed by atoms with Gasteiger partial charge in [-0.2, -0.15) is 0 Å². The van der Waals surface area contributed by atoms with Crippen molar-refractivity contribution in [1.82, 2.24) is 0 Å². The molecule has 0 spiro atoms. The van der Waals surface area contributed by atoms with E-state index in [-0.39, 0.29) is 12.5 Å². The average Bonchev–Trinajstić information content (AvgIpc) is 2.21. The highest BCUT2D eigenvalue weighted by Gasteiger charge is 2.30. The van der Waals surface area contributed by atoms with Crippen LogP contribution in [0.3, 0.4) is 0 Å². The lowest BCUT2D eigenvalue weighted by atomic mass is 10.1. The van der Waals surface area contributed by atoms with E-state index in [0.29, 0.717) is 4.90 Å². The molecule has 0 aliphatic heterocycles. The first-order valence-corrected chi connectivity index (χ1v) is 7.36. The second kappa shape index (κ2) is 5.19. The molecule has 17 heavy (non-hydrogen) atoms. The first kappa shape index (κ1) is 14.2. The quantitative estimate of drug-likeness (QED) is 0.896. The van der Waals surface area contributed by atoms with Crippen molar-refractivity contribution in [3.8, 4) is 0 Å². The third-order valence-corrected chi connectivity index (χ3v) is 5.61. The summed E-state index contributed by atoms with van der Waals surface area (Å²) in [7, 11) is -3.33. The van der Waals surface area contributed by atoms with Gasteiger partial charge in [-0.25, -0.2) is 8.42 Å². The Morgan fingerprint density at radius 2 is 1.82 bits per heavy atom. The van der Waals surface area contributed by atoms with Crippen LogP contribution >= 0.6 is 0 Å². The number of hydrogen-bond acceptors (Lipinski definition) is 3. The molecule has 0 aliphatic carbocycles. The molecule has 0 saturated heterocycles. The van der Waals surface area contributed by atoms with Crippen molar-refractivity contribution in [2.24, 2.45) is 11.7 Å². The van der Waals surface area contributed by atoms with E-state index in [1.165, 1.54) is 0 Å². The van der Waals surface area contributed by atoms with E-state index in [9.17, 15) is 8.42 Å². The smallest absolute Gasteiger partial charge is 0.182 e. The van der Waals surface area contributed by atoms with Gasteiger partial charge in [-0.05, 0) is 37.0 Å². The van der Waals surface area contributed by atoms with Crippen molar-refractivity contribution in [1.29, 1.82) is 0 Å². The van der Waals surface area contributed by atoms with Crippen LogP contribution in [0.15, 0.2) is 23.1 Å². The van der Waals surface area contributed by atoms with Crippen molar-refractivity contribution in [2.45, 2.75) is 37.8 Å². The van der Waals surface area contributed by atoms with E-state index in [2.05, 4.69) is 0 Å². The summed E-state index contributed by atoms with van der Waals surface area (Å²) in [6.07, 6.45) is 0. The zero-order valence-corrected chi connectivity index (χ0v) is 11.7. The van der Waals surface area contributed by atoms with Gasteiger partial charge < -0.3 is 5.73 Å². The summed E-state index contributed by atoms with van der Waals surface area (Å²) in [5.74, 6) is 0.0184. The molecule has 0 bridgehead atoms. The SMILES string of the molecule is Cc1ccc(C)c(S(=O)(=O)C(CN)C(C)C)c1. The predicted octanol–water partition coefficient (Wildman–Crippen LogP) is 2.06. The molecule has 0 aliphatic rings. The first-order valence-electron chi connectivity index (χ1n) is 5.82. The van der Waals surface area contributed by atoms with Gasteiger partial charge >= 0.3 is 0 Å². The Kier molecular flexibility index (Phi) is 4.33. The van der Waals surface area contributed by atoms with Crippen molar-refractivity contribution >= 4 is 9.84 Å². The van der Waals surface area contributed by atoms with Crippen molar-refractivity contribution in [3.05, 3.63) is 29.3 Å². The highest BCUT2D eigenvalue weighted by molar-refractivity contribution is 7.92. The van der Waals surface area contributed by atoms with Crippen LogP contribution in [0.25, 0.3) is 0 Å². The monoisotopic (exact) mass is 255 g/mol. The van der Waals surface area contributed by atoms with Crippen LogP contribution in [0.1, 0.15) is 25.0 Å². The molecule has 0 saturated carbocycles. The fraction of sp³-hybridized carbons (Fsp3) is 0.538. The third-order valence-electron chi connectivity index (χ3n) is 3.02. The average molecular weight is 255 g/mol. The zero-order chi connectivity index (χ0) is 13.2. The van der Waals surface area contributed by atoms with Gasteiger partial charge in [-0.1, -0.05) is 26.0 Å². The van der Waals surface area contributed by atoms with Crippen LogP contribution in [0.2, 0.25) is 0 Å². The van der Waals surface area contributed by atoms with Gasteiger partial charge in [-0.3, -0.25) is 0 Å². The number of rotatable bonds is 4. The van der Waals surface area contributed by atoms with E-state index in [1.54, 1.807) is 6.07 Å². The Bertz CT molecular complexity index is 492. The first-order chi connectivity index (χ1) is 7.80. The number of sulfone groups is 1. The van der Waals surface area contributed by atoms with Crippen LogP contribution in [-0.4, -0.2) is 20.2 Å². The number of benzene rings is 1. The van der Waals surface area contributed by atoms with Crippen molar-refractivity contribution < 1.29 is 8.42 Å². The van der Waals surface area contributed by atoms with Crippen LogP contribution in [0, 0.1) is 19.8 Å². The summed E-state index contributed by atoms with van der Waals surface area (Å²) >= 11 is 0. The molecule has 1 aromatic rings. The van der Waals surface area contributed by atoms with E-state index in [4.69, 9.17) is 5.73 Å². The lowest BCUT2D eigenvalue weighted by Crippen LogP contribution is -2.34. The highest BCUT2D eigenvalue weighted by atomic mass is 32.2. The Morgan fingerprint density at radius 1 is 1.24 bits per heavy atom. The lowest BCUT2D eigenvalue weighted by molar-refractivity contribution is 0.532. The maximum Gasteiger partial charge on any atom is 0.182 e. The van der Waals surface area contributed by atoms with Crippen LogP contribution in [0.5, 0.6) is 0 Å². The van der Waals surface area contributed by atoms with E-state index in [0.717, 1.165) is 11.1 Å². The Morgan fingerprint density at radius 3 is 2.29 bits per heavy atom. The van der Waals surface area contributed by atoms with Gasteiger partial charge in [-0.15, -0.1) is 0 Å². The topological polar surface area (TPSA) is 60.2 Å². The fourth-order valence-corrected chi connectivity index (χ4v) is 4.10. The molecular formula is C13H21NO2S. The summed E-state index contributed by atoms with van der Waals surface area (Å²) in [5.41, 5.74) is 7.35. The summed E-state index contributed by atoms with van der Waals surface area (Å²) < 4.78 is 25.0. The van der Waals surface area contributed by atoms with Crippen molar-refractivity contribution in [3.63, 3.8) is 0 Å². The third kappa shape index (κ3) is 2.87. The molecule has 1 aromatic carbocycles. The zero-order valence-electron chi connectivity index (χ0n) is 10.9. The van der Waals surface area contributed by atoms with Gasteiger partial charge in [0.1, 0.15) is 0 Å². The predicted molar refractivity (Wildman–Crippen MR) is 70.8 cm³/mol. The molecule has 1 unspecified atom stereocenters.